The molecule has 0 unspecified atom stereocenters. The molecule has 1 aliphatic rings. The van der Waals surface area contributed by atoms with Gasteiger partial charge in [-0.3, -0.25) is 4.79 Å². The van der Waals surface area contributed by atoms with Crippen molar-refractivity contribution in [2.24, 2.45) is 0 Å². The molecule has 2 heterocycles. The molecule has 1 fully saturated rings. The molecule has 0 aliphatic carbocycles. The second-order valence-electron chi connectivity index (χ2n) is 5.49. The number of aryl methyl sites for hydroxylation is 1. The van der Waals surface area contributed by atoms with Crippen LogP contribution in [-0.4, -0.2) is 34.0 Å². The molecule has 0 N–H and O–H groups in total. The largest absolute Gasteiger partial charge is 0.339 e. The maximum atomic E-state index is 13.3. The zero-order valence-electron chi connectivity index (χ0n) is 12.4. The predicted octanol–water partition coefficient (Wildman–Crippen LogP) is 3.33. The molecule has 1 aliphatic heterocycles. The van der Waals surface area contributed by atoms with E-state index in [-0.39, 0.29) is 16.5 Å². The summed E-state index contributed by atoms with van der Waals surface area (Å²) in [7, 11) is 0. The molecule has 0 atom stereocenters. The van der Waals surface area contributed by atoms with Gasteiger partial charge in [-0.1, -0.05) is 16.8 Å². The van der Waals surface area contributed by atoms with Gasteiger partial charge in [0.15, 0.2) is 17.5 Å². The Hall–Kier alpha value is -2.02. The molecule has 0 spiro atoms. The Kier molecular flexibility index (Phi) is 4.30. The van der Waals surface area contributed by atoms with Crippen molar-refractivity contribution in [3.63, 3.8) is 0 Å². The standard InChI is InChI=1S/C15H14ClF2N3O2/c1-8-19-14(23-20-8)9-2-4-21(5-3-9)15(22)10-6-12(17)13(18)7-11(10)16/h6-7,9H,2-5H2,1H3. The maximum Gasteiger partial charge on any atom is 0.255 e. The van der Waals surface area contributed by atoms with Gasteiger partial charge in [0.05, 0.1) is 10.6 Å². The van der Waals surface area contributed by atoms with Crippen molar-refractivity contribution in [2.45, 2.75) is 25.7 Å². The summed E-state index contributed by atoms with van der Waals surface area (Å²) in [5, 5.41) is 3.67. The molecule has 1 aromatic heterocycles. The summed E-state index contributed by atoms with van der Waals surface area (Å²) in [5.41, 5.74) is -0.0300. The summed E-state index contributed by atoms with van der Waals surface area (Å²) in [6.07, 6.45) is 1.32. The Bertz CT molecular complexity index is 742. The van der Waals surface area contributed by atoms with Crippen molar-refractivity contribution < 1.29 is 18.1 Å². The first kappa shape index (κ1) is 15.9. The van der Waals surface area contributed by atoms with Gasteiger partial charge in [0.1, 0.15) is 0 Å². The summed E-state index contributed by atoms with van der Waals surface area (Å²) < 4.78 is 31.6. The molecule has 0 radical (unpaired) electrons. The fourth-order valence-corrected chi connectivity index (χ4v) is 2.90. The van der Waals surface area contributed by atoms with Crippen molar-refractivity contribution in [3.05, 3.63) is 46.1 Å². The van der Waals surface area contributed by atoms with Crippen molar-refractivity contribution in [1.29, 1.82) is 0 Å². The lowest BCUT2D eigenvalue weighted by molar-refractivity contribution is 0.0704. The summed E-state index contributed by atoms with van der Waals surface area (Å²) in [4.78, 5) is 18.2. The smallest absolute Gasteiger partial charge is 0.255 e. The number of rotatable bonds is 2. The van der Waals surface area contributed by atoms with Crippen LogP contribution in [0, 0.1) is 18.6 Å². The Morgan fingerprint density at radius 3 is 2.57 bits per heavy atom. The van der Waals surface area contributed by atoms with Crippen LogP contribution in [0.15, 0.2) is 16.7 Å². The molecular weight excluding hydrogens is 328 g/mol. The van der Waals surface area contributed by atoms with Gasteiger partial charge in [-0.2, -0.15) is 4.98 Å². The summed E-state index contributed by atoms with van der Waals surface area (Å²) in [6.45, 7) is 2.66. The highest BCUT2D eigenvalue weighted by Crippen LogP contribution is 2.29. The van der Waals surface area contributed by atoms with E-state index in [0.29, 0.717) is 37.6 Å². The van der Waals surface area contributed by atoms with E-state index < -0.39 is 17.5 Å². The number of amides is 1. The van der Waals surface area contributed by atoms with E-state index in [1.165, 1.54) is 0 Å². The number of aromatic nitrogens is 2. The van der Waals surface area contributed by atoms with Crippen LogP contribution in [0.1, 0.15) is 40.8 Å². The van der Waals surface area contributed by atoms with Crippen LogP contribution in [0.5, 0.6) is 0 Å². The second-order valence-corrected chi connectivity index (χ2v) is 5.90. The zero-order valence-corrected chi connectivity index (χ0v) is 13.1. The first-order valence-electron chi connectivity index (χ1n) is 7.19. The minimum Gasteiger partial charge on any atom is -0.339 e. The monoisotopic (exact) mass is 341 g/mol. The van der Waals surface area contributed by atoms with E-state index >= 15 is 0 Å². The molecule has 2 aromatic rings. The fourth-order valence-electron chi connectivity index (χ4n) is 2.67. The average Bonchev–Trinajstić information content (AvgIpc) is 2.97. The zero-order chi connectivity index (χ0) is 16.6. The Morgan fingerprint density at radius 2 is 1.96 bits per heavy atom. The normalized spacial score (nSPS) is 15.9. The van der Waals surface area contributed by atoms with E-state index in [0.717, 1.165) is 12.1 Å². The van der Waals surface area contributed by atoms with E-state index in [1.807, 2.05) is 0 Å². The van der Waals surface area contributed by atoms with Gasteiger partial charge < -0.3 is 9.42 Å². The maximum absolute atomic E-state index is 13.3. The number of benzene rings is 1. The molecule has 122 valence electrons. The first-order valence-corrected chi connectivity index (χ1v) is 7.57. The third kappa shape index (κ3) is 3.19. The van der Waals surface area contributed by atoms with Gasteiger partial charge in [0.25, 0.3) is 5.91 Å². The third-order valence-electron chi connectivity index (χ3n) is 3.92. The molecule has 1 aromatic carbocycles. The van der Waals surface area contributed by atoms with Crippen LogP contribution in [0.4, 0.5) is 8.78 Å². The van der Waals surface area contributed by atoms with Gasteiger partial charge in [-0.25, -0.2) is 8.78 Å². The van der Waals surface area contributed by atoms with Crippen molar-refractivity contribution in [3.8, 4) is 0 Å². The Morgan fingerprint density at radius 1 is 1.30 bits per heavy atom. The number of nitrogens with zero attached hydrogens (tertiary/aromatic N) is 3. The van der Waals surface area contributed by atoms with Crippen molar-refractivity contribution in [1.82, 2.24) is 15.0 Å². The lowest BCUT2D eigenvalue weighted by Gasteiger charge is -2.30. The highest BCUT2D eigenvalue weighted by molar-refractivity contribution is 6.33. The Labute approximate surface area is 136 Å². The summed E-state index contributed by atoms with van der Waals surface area (Å²) >= 11 is 5.86. The number of carbonyl (C=O) groups is 1. The van der Waals surface area contributed by atoms with Crippen LogP contribution in [-0.2, 0) is 0 Å². The van der Waals surface area contributed by atoms with Crippen LogP contribution in [0.3, 0.4) is 0 Å². The summed E-state index contributed by atoms with van der Waals surface area (Å²) in [6, 6.07) is 1.66. The van der Waals surface area contributed by atoms with E-state index in [1.54, 1.807) is 11.8 Å². The van der Waals surface area contributed by atoms with Crippen LogP contribution < -0.4 is 0 Å². The van der Waals surface area contributed by atoms with Crippen molar-refractivity contribution in [2.75, 3.05) is 13.1 Å². The molecule has 0 bridgehead atoms. The molecule has 3 rings (SSSR count). The van der Waals surface area contributed by atoms with Gasteiger partial charge in [0.2, 0.25) is 5.89 Å². The number of hydrogen-bond acceptors (Lipinski definition) is 4. The average molecular weight is 342 g/mol. The number of likely N-dealkylation sites (tertiary alicyclic amines) is 1. The predicted molar refractivity (Wildman–Crippen MR) is 78.3 cm³/mol. The fraction of sp³-hybridized carbons (Fsp3) is 0.400. The SMILES string of the molecule is Cc1noc(C2CCN(C(=O)c3cc(F)c(F)cc3Cl)CC2)n1. The third-order valence-corrected chi connectivity index (χ3v) is 4.23. The van der Waals surface area contributed by atoms with Gasteiger partial charge in [-0.15, -0.1) is 0 Å². The van der Waals surface area contributed by atoms with Gasteiger partial charge in [-0.05, 0) is 31.9 Å². The quantitative estimate of drug-likeness (QED) is 0.786. The Balaban J connectivity index is 1.70. The highest BCUT2D eigenvalue weighted by atomic mass is 35.5. The van der Waals surface area contributed by atoms with E-state index in [4.69, 9.17) is 16.1 Å². The highest BCUT2D eigenvalue weighted by Gasteiger charge is 2.29. The number of piperidine rings is 1. The number of carbonyl (C=O) groups excluding carboxylic acids is 1. The molecular formula is C15H14ClF2N3O2. The second kappa shape index (κ2) is 6.23. The number of halogens is 3. The lowest BCUT2D eigenvalue weighted by Crippen LogP contribution is -2.38. The van der Waals surface area contributed by atoms with Crippen LogP contribution in [0.2, 0.25) is 5.02 Å². The lowest BCUT2D eigenvalue weighted by atomic mass is 9.96. The molecule has 1 amide bonds. The molecule has 23 heavy (non-hydrogen) atoms. The minimum absolute atomic E-state index is 0.0300. The molecule has 5 nitrogen and oxygen atoms in total. The van der Waals surface area contributed by atoms with E-state index in [9.17, 15) is 13.6 Å². The van der Waals surface area contributed by atoms with Crippen LogP contribution in [0.25, 0.3) is 0 Å². The molecule has 8 heteroatoms. The topological polar surface area (TPSA) is 59.2 Å². The van der Waals surface area contributed by atoms with Gasteiger partial charge >= 0.3 is 0 Å². The summed E-state index contributed by atoms with van der Waals surface area (Å²) in [5.74, 6) is -1.33. The van der Waals surface area contributed by atoms with Gasteiger partial charge in [0, 0.05) is 19.0 Å². The molecule has 0 saturated carbocycles. The van der Waals surface area contributed by atoms with Crippen LogP contribution >= 0.6 is 11.6 Å². The minimum atomic E-state index is -1.09. The number of hydrogen-bond donors (Lipinski definition) is 0. The molecule has 1 saturated heterocycles. The van der Waals surface area contributed by atoms with Crippen molar-refractivity contribution >= 4 is 17.5 Å². The van der Waals surface area contributed by atoms with E-state index in [2.05, 4.69) is 10.1 Å². The first-order chi connectivity index (χ1) is 11.0.